The SMILES string of the molecule is CCCOc1ccc(C(=O)NNC(=O)c2ccc(OC)c(OC)c2)cc1Br. The van der Waals surface area contributed by atoms with Crippen molar-refractivity contribution in [2.24, 2.45) is 0 Å². The van der Waals surface area contributed by atoms with Crippen molar-refractivity contribution < 1.29 is 23.8 Å². The molecule has 0 aliphatic rings. The van der Waals surface area contributed by atoms with Crippen LogP contribution in [-0.2, 0) is 0 Å². The fourth-order valence-corrected chi connectivity index (χ4v) is 2.70. The Balaban J connectivity index is 2.00. The maximum absolute atomic E-state index is 12.2. The van der Waals surface area contributed by atoms with Crippen molar-refractivity contribution in [2.75, 3.05) is 20.8 Å². The molecule has 0 bridgehead atoms. The van der Waals surface area contributed by atoms with Crippen LogP contribution in [0.25, 0.3) is 0 Å². The average Bonchev–Trinajstić information content (AvgIpc) is 2.70. The van der Waals surface area contributed by atoms with Crippen LogP contribution in [0.4, 0.5) is 0 Å². The zero-order chi connectivity index (χ0) is 19.8. The minimum Gasteiger partial charge on any atom is -0.493 e. The molecule has 0 aliphatic carbocycles. The number of nitrogens with one attached hydrogen (secondary N) is 2. The standard InChI is InChI=1S/C19H21BrN2O5/c1-4-9-27-15-7-5-12(10-14(15)20)18(23)21-22-19(24)13-6-8-16(25-2)17(11-13)26-3/h5-8,10-11H,4,9H2,1-3H3,(H,21,23)(H,22,24). The number of benzene rings is 2. The normalized spacial score (nSPS) is 10.1. The van der Waals surface area contributed by atoms with Crippen molar-refractivity contribution in [3.63, 3.8) is 0 Å². The lowest BCUT2D eigenvalue weighted by atomic mass is 10.2. The number of hydrogen-bond donors (Lipinski definition) is 2. The fourth-order valence-electron chi connectivity index (χ4n) is 2.21. The van der Waals surface area contributed by atoms with Crippen molar-refractivity contribution in [3.8, 4) is 17.2 Å². The van der Waals surface area contributed by atoms with Gasteiger partial charge in [0.2, 0.25) is 0 Å². The van der Waals surface area contributed by atoms with Gasteiger partial charge in [0.25, 0.3) is 11.8 Å². The molecule has 2 N–H and O–H groups in total. The van der Waals surface area contributed by atoms with Gasteiger partial charge in [-0.3, -0.25) is 20.4 Å². The fraction of sp³-hybridized carbons (Fsp3) is 0.263. The first kappa shape index (κ1) is 20.6. The van der Waals surface area contributed by atoms with Crippen molar-refractivity contribution in [1.82, 2.24) is 10.9 Å². The predicted molar refractivity (Wildman–Crippen MR) is 104 cm³/mol. The second kappa shape index (κ2) is 9.82. The van der Waals surface area contributed by atoms with Crippen LogP contribution in [0, 0.1) is 0 Å². The maximum Gasteiger partial charge on any atom is 0.269 e. The van der Waals surface area contributed by atoms with E-state index in [4.69, 9.17) is 14.2 Å². The Hall–Kier alpha value is -2.74. The van der Waals surface area contributed by atoms with E-state index in [0.29, 0.717) is 39.5 Å². The van der Waals surface area contributed by atoms with Gasteiger partial charge in [0.15, 0.2) is 11.5 Å². The van der Waals surface area contributed by atoms with Crippen LogP contribution >= 0.6 is 15.9 Å². The summed E-state index contributed by atoms with van der Waals surface area (Å²) in [6, 6.07) is 9.65. The molecule has 144 valence electrons. The van der Waals surface area contributed by atoms with Crippen molar-refractivity contribution in [3.05, 3.63) is 52.0 Å². The molecule has 0 unspecified atom stereocenters. The monoisotopic (exact) mass is 436 g/mol. The van der Waals surface area contributed by atoms with Crippen LogP contribution < -0.4 is 25.1 Å². The molecule has 0 saturated carbocycles. The van der Waals surface area contributed by atoms with Gasteiger partial charge in [-0.2, -0.15) is 0 Å². The first-order valence-corrected chi connectivity index (χ1v) is 9.04. The summed E-state index contributed by atoms with van der Waals surface area (Å²) in [5.74, 6) is 0.650. The minimum absolute atomic E-state index is 0.317. The third-order valence-electron chi connectivity index (χ3n) is 3.59. The van der Waals surface area contributed by atoms with Crippen LogP contribution in [-0.4, -0.2) is 32.6 Å². The first-order chi connectivity index (χ1) is 13.0. The molecule has 0 spiro atoms. The highest BCUT2D eigenvalue weighted by Gasteiger charge is 2.13. The van der Waals surface area contributed by atoms with E-state index < -0.39 is 11.8 Å². The van der Waals surface area contributed by atoms with E-state index in [1.54, 1.807) is 30.3 Å². The van der Waals surface area contributed by atoms with Crippen molar-refractivity contribution in [1.29, 1.82) is 0 Å². The van der Waals surface area contributed by atoms with E-state index in [-0.39, 0.29) is 0 Å². The Bertz CT molecular complexity index is 826. The molecule has 0 aromatic heterocycles. The van der Waals surface area contributed by atoms with Gasteiger partial charge in [0.1, 0.15) is 5.75 Å². The summed E-state index contributed by atoms with van der Waals surface area (Å²) in [6.45, 7) is 2.60. The molecule has 2 amide bonds. The lowest BCUT2D eigenvalue weighted by molar-refractivity contribution is 0.0846. The Morgan fingerprint density at radius 2 is 1.44 bits per heavy atom. The average molecular weight is 437 g/mol. The number of carbonyl (C=O) groups excluding carboxylic acids is 2. The number of methoxy groups -OCH3 is 2. The summed E-state index contributed by atoms with van der Waals surface area (Å²) < 4.78 is 16.5. The number of ether oxygens (including phenoxy) is 3. The largest absolute Gasteiger partial charge is 0.493 e. The minimum atomic E-state index is -0.480. The Labute approximate surface area is 166 Å². The molecule has 27 heavy (non-hydrogen) atoms. The second-order valence-electron chi connectivity index (χ2n) is 5.47. The summed E-state index contributed by atoms with van der Waals surface area (Å²) in [5, 5.41) is 0. The van der Waals surface area contributed by atoms with E-state index in [0.717, 1.165) is 6.42 Å². The van der Waals surface area contributed by atoms with E-state index in [1.165, 1.54) is 20.3 Å². The van der Waals surface area contributed by atoms with Crippen LogP contribution in [0.1, 0.15) is 34.1 Å². The van der Waals surface area contributed by atoms with Crippen LogP contribution in [0.15, 0.2) is 40.9 Å². The second-order valence-corrected chi connectivity index (χ2v) is 6.33. The molecular formula is C19H21BrN2O5. The van der Waals surface area contributed by atoms with Gasteiger partial charge in [0, 0.05) is 11.1 Å². The zero-order valence-corrected chi connectivity index (χ0v) is 16.9. The van der Waals surface area contributed by atoms with Gasteiger partial charge in [-0.15, -0.1) is 0 Å². The number of rotatable bonds is 7. The first-order valence-electron chi connectivity index (χ1n) is 8.25. The summed E-state index contributed by atoms with van der Waals surface area (Å²) in [5.41, 5.74) is 5.44. The Morgan fingerprint density at radius 1 is 0.889 bits per heavy atom. The Morgan fingerprint density at radius 3 is 1.96 bits per heavy atom. The third-order valence-corrected chi connectivity index (χ3v) is 4.21. The van der Waals surface area contributed by atoms with E-state index in [2.05, 4.69) is 26.8 Å². The highest BCUT2D eigenvalue weighted by molar-refractivity contribution is 9.10. The molecule has 0 aliphatic heterocycles. The molecular weight excluding hydrogens is 416 g/mol. The molecule has 2 aromatic rings. The highest BCUT2D eigenvalue weighted by atomic mass is 79.9. The van der Waals surface area contributed by atoms with Gasteiger partial charge >= 0.3 is 0 Å². The van der Waals surface area contributed by atoms with Crippen molar-refractivity contribution >= 4 is 27.7 Å². The molecule has 0 radical (unpaired) electrons. The summed E-state index contributed by atoms with van der Waals surface area (Å²) >= 11 is 3.37. The molecule has 0 atom stereocenters. The Kier molecular flexibility index (Phi) is 7.48. The molecule has 0 heterocycles. The number of carbonyl (C=O) groups is 2. The third kappa shape index (κ3) is 5.37. The van der Waals surface area contributed by atoms with Gasteiger partial charge in [0.05, 0.1) is 25.3 Å². The van der Waals surface area contributed by atoms with Crippen molar-refractivity contribution in [2.45, 2.75) is 13.3 Å². The van der Waals surface area contributed by atoms with E-state index >= 15 is 0 Å². The predicted octanol–water partition coefficient (Wildman–Crippen LogP) is 3.33. The summed E-state index contributed by atoms with van der Waals surface area (Å²) in [4.78, 5) is 24.5. The van der Waals surface area contributed by atoms with Gasteiger partial charge in [-0.1, -0.05) is 6.92 Å². The van der Waals surface area contributed by atoms with E-state index in [1.807, 2.05) is 6.92 Å². The molecule has 7 nitrogen and oxygen atoms in total. The summed E-state index contributed by atoms with van der Waals surface area (Å²) in [7, 11) is 2.99. The number of hydrazine groups is 1. The van der Waals surface area contributed by atoms with Gasteiger partial charge in [-0.05, 0) is 58.7 Å². The summed E-state index contributed by atoms with van der Waals surface area (Å²) in [6.07, 6.45) is 0.886. The van der Waals surface area contributed by atoms with Gasteiger partial charge < -0.3 is 14.2 Å². The topological polar surface area (TPSA) is 85.9 Å². The smallest absolute Gasteiger partial charge is 0.269 e. The number of amides is 2. The van der Waals surface area contributed by atoms with Crippen LogP contribution in [0.5, 0.6) is 17.2 Å². The zero-order valence-electron chi connectivity index (χ0n) is 15.3. The highest BCUT2D eigenvalue weighted by Crippen LogP contribution is 2.28. The lowest BCUT2D eigenvalue weighted by Gasteiger charge is -2.11. The molecule has 0 saturated heterocycles. The number of hydrogen-bond acceptors (Lipinski definition) is 5. The molecule has 0 fully saturated rings. The van der Waals surface area contributed by atoms with Crippen LogP contribution in [0.3, 0.4) is 0 Å². The number of halogens is 1. The molecule has 2 rings (SSSR count). The van der Waals surface area contributed by atoms with E-state index in [9.17, 15) is 9.59 Å². The lowest BCUT2D eigenvalue weighted by Crippen LogP contribution is -2.41. The maximum atomic E-state index is 12.2. The molecule has 2 aromatic carbocycles. The quantitative estimate of drug-likeness (QED) is 0.650. The van der Waals surface area contributed by atoms with Gasteiger partial charge in [-0.25, -0.2) is 0 Å². The van der Waals surface area contributed by atoms with Crippen LogP contribution in [0.2, 0.25) is 0 Å². The molecule has 8 heteroatoms.